The quantitative estimate of drug-likeness (QED) is 0.752. The number of nitrogens with zero attached hydrogens (tertiary/aromatic N) is 3. The van der Waals surface area contributed by atoms with Crippen LogP contribution in [0.4, 0.5) is 0 Å². The van der Waals surface area contributed by atoms with Gasteiger partial charge in [0, 0.05) is 29.9 Å². The summed E-state index contributed by atoms with van der Waals surface area (Å²) in [7, 11) is 0. The minimum Gasteiger partial charge on any atom is -0.357 e. The first-order chi connectivity index (χ1) is 11.8. The average Bonchev–Trinajstić information content (AvgIpc) is 3.08. The summed E-state index contributed by atoms with van der Waals surface area (Å²) in [6, 6.07) is 11.9. The molecule has 0 saturated carbocycles. The van der Waals surface area contributed by atoms with Crippen molar-refractivity contribution in [2.45, 2.75) is 12.8 Å². The number of fused-ring (bicyclic) bond motifs is 1. The van der Waals surface area contributed by atoms with Gasteiger partial charge in [0.05, 0.1) is 11.4 Å². The molecule has 24 heavy (non-hydrogen) atoms. The van der Waals surface area contributed by atoms with Gasteiger partial charge >= 0.3 is 0 Å². The van der Waals surface area contributed by atoms with E-state index in [0.717, 1.165) is 46.5 Å². The SMILES string of the molecule is Clc1ccc(/C=C2/N=C(N3CCCC3)C=Cc3ncccc32)cc1. The molecule has 4 heteroatoms. The van der Waals surface area contributed by atoms with Gasteiger partial charge in [0.15, 0.2) is 0 Å². The van der Waals surface area contributed by atoms with Crippen LogP contribution in [0.2, 0.25) is 5.02 Å². The zero-order valence-electron chi connectivity index (χ0n) is 13.3. The summed E-state index contributed by atoms with van der Waals surface area (Å²) in [5, 5.41) is 0.739. The first-order valence-electron chi connectivity index (χ1n) is 8.24. The van der Waals surface area contributed by atoms with Gasteiger partial charge in [0.25, 0.3) is 0 Å². The first-order valence-corrected chi connectivity index (χ1v) is 8.62. The van der Waals surface area contributed by atoms with E-state index in [1.54, 1.807) is 0 Å². The van der Waals surface area contributed by atoms with Gasteiger partial charge in [0.1, 0.15) is 5.84 Å². The van der Waals surface area contributed by atoms with Crippen LogP contribution in [0.25, 0.3) is 17.8 Å². The van der Waals surface area contributed by atoms with Crippen molar-refractivity contribution in [2.75, 3.05) is 13.1 Å². The maximum absolute atomic E-state index is 6.00. The van der Waals surface area contributed by atoms with Crippen LogP contribution in [0.15, 0.2) is 53.7 Å². The van der Waals surface area contributed by atoms with E-state index in [1.807, 2.05) is 36.5 Å². The third-order valence-electron chi connectivity index (χ3n) is 4.34. The topological polar surface area (TPSA) is 28.5 Å². The van der Waals surface area contributed by atoms with E-state index < -0.39 is 0 Å². The molecule has 120 valence electrons. The monoisotopic (exact) mass is 335 g/mol. The fourth-order valence-corrected chi connectivity index (χ4v) is 3.22. The van der Waals surface area contributed by atoms with Crippen LogP contribution in [-0.4, -0.2) is 28.8 Å². The molecule has 1 aromatic heterocycles. The lowest BCUT2D eigenvalue weighted by atomic mass is 10.1. The summed E-state index contributed by atoms with van der Waals surface area (Å²) < 4.78 is 0. The van der Waals surface area contributed by atoms with Gasteiger partial charge in [0.2, 0.25) is 0 Å². The van der Waals surface area contributed by atoms with E-state index in [-0.39, 0.29) is 0 Å². The Morgan fingerprint density at radius 3 is 2.58 bits per heavy atom. The molecule has 0 amide bonds. The molecule has 3 heterocycles. The zero-order chi connectivity index (χ0) is 16.4. The van der Waals surface area contributed by atoms with Gasteiger partial charge in [-0.2, -0.15) is 0 Å². The molecule has 2 aromatic rings. The molecular weight excluding hydrogens is 318 g/mol. The van der Waals surface area contributed by atoms with Gasteiger partial charge in [-0.1, -0.05) is 23.7 Å². The van der Waals surface area contributed by atoms with Gasteiger partial charge in [-0.3, -0.25) is 4.98 Å². The summed E-state index contributed by atoms with van der Waals surface area (Å²) in [4.78, 5) is 11.8. The summed E-state index contributed by atoms with van der Waals surface area (Å²) >= 11 is 6.00. The normalized spacial score (nSPS) is 18.5. The lowest BCUT2D eigenvalue weighted by molar-refractivity contribution is 0.523. The predicted molar refractivity (Wildman–Crippen MR) is 101 cm³/mol. The standard InChI is InChI=1S/C20H18ClN3/c21-16-7-5-15(6-8-16)14-19-17-4-3-11-22-18(17)9-10-20(23-19)24-12-1-2-13-24/h3-11,14H,1-2,12-13H2/b19-14+. The molecule has 0 atom stereocenters. The Balaban J connectivity index is 1.81. The Hall–Kier alpha value is -2.39. The molecule has 0 unspecified atom stereocenters. The largest absolute Gasteiger partial charge is 0.357 e. The highest BCUT2D eigenvalue weighted by atomic mass is 35.5. The van der Waals surface area contributed by atoms with Crippen LogP contribution in [0, 0.1) is 0 Å². The molecule has 0 aliphatic carbocycles. The number of pyridine rings is 1. The minimum atomic E-state index is 0.739. The number of likely N-dealkylation sites (tertiary alicyclic amines) is 1. The molecule has 2 aliphatic heterocycles. The van der Waals surface area contributed by atoms with Crippen LogP contribution in [0.5, 0.6) is 0 Å². The zero-order valence-corrected chi connectivity index (χ0v) is 14.1. The fraction of sp³-hybridized carbons (Fsp3) is 0.200. The molecule has 1 fully saturated rings. The Morgan fingerprint density at radius 2 is 1.79 bits per heavy atom. The number of amidine groups is 1. The molecule has 0 N–H and O–H groups in total. The number of rotatable bonds is 1. The number of hydrogen-bond donors (Lipinski definition) is 0. The number of aromatic nitrogens is 1. The maximum atomic E-state index is 6.00. The van der Waals surface area contributed by atoms with E-state index in [1.165, 1.54) is 12.8 Å². The highest BCUT2D eigenvalue weighted by Gasteiger charge is 2.18. The van der Waals surface area contributed by atoms with Crippen molar-refractivity contribution in [2.24, 2.45) is 4.99 Å². The minimum absolute atomic E-state index is 0.739. The number of benzene rings is 1. The van der Waals surface area contributed by atoms with Crippen molar-refractivity contribution in [1.82, 2.24) is 9.88 Å². The molecule has 0 bridgehead atoms. The first kappa shape index (κ1) is 15.2. The van der Waals surface area contributed by atoms with Gasteiger partial charge < -0.3 is 4.90 Å². The summed E-state index contributed by atoms with van der Waals surface area (Å²) in [6.07, 6.45) is 10.5. The Labute approximate surface area is 147 Å². The van der Waals surface area contributed by atoms with E-state index in [4.69, 9.17) is 16.6 Å². The molecular formula is C20H18ClN3. The average molecular weight is 336 g/mol. The van der Waals surface area contributed by atoms with E-state index in [9.17, 15) is 0 Å². The molecule has 1 saturated heterocycles. The van der Waals surface area contributed by atoms with Crippen molar-refractivity contribution < 1.29 is 0 Å². The van der Waals surface area contributed by atoms with Crippen molar-refractivity contribution in [3.05, 3.63) is 70.5 Å². The van der Waals surface area contributed by atoms with Crippen LogP contribution < -0.4 is 0 Å². The summed E-state index contributed by atoms with van der Waals surface area (Å²) in [6.45, 7) is 2.14. The van der Waals surface area contributed by atoms with Gasteiger partial charge in [-0.25, -0.2) is 4.99 Å². The van der Waals surface area contributed by atoms with Crippen LogP contribution in [-0.2, 0) is 0 Å². The van der Waals surface area contributed by atoms with Crippen molar-refractivity contribution >= 4 is 35.3 Å². The van der Waals surface area contributed by atoms with E-state index in [0.29, 0.717) is 0 Å². The molecule has 4 rings (SSSR count). The van der Waals surface area contributed by atoms with Crippen molar-refractivity contribution in [1.29, 1.82) is 0 Å². The maximum Gasteiger partial charge on any atom is 0.129 e. The fourth-order valence-electron chi connectivity index (χ4n) is 3.09. The second kappa shape index (κ2) is 6.62. The predicted octanol–water partition coefficient (Wildman–Crippen LogP) is 4.75. The van der Waals surface area contributed by atoms with E-state index >= 15 is 0 Å². The molecule has 2 aliphatic rings. The van der Waals surface area contributed by atoms with Crippen LogP contribution >= 0.6 is 11.6 Å². The molecule has 3 nitrogen and oxygen atoms in total. The molecule has 0 radical (unpaired) electrons. The van der Waals surface area contributed by atoms with E-state index in [2.05, 4.69) is 34.2 Å². The van der Waals surface area contributed by atoms with Crippen LogP contribution in [0.3, 0.4) is 0 Å². The molecule has 1 aromatic carbocycles. The smallest absolute Gasteiger partial charge is 0.129 e. The van der Waals surface area contributed by atoms with Crippen LogP contribution in [0.1, 0.15) is 29.7 Å². The van der Waals surface area contributed by atoms with Gasteiger partial charge in [-0.05, 0) is 60.9 Å². The summed E-state index contributed by atoms with van der Waals surface area (Å²) in [5.41, 5.74) is 4.02. The van der Waals surface area contributed by atoms with Crippen molar-refractivity contribution in [3.8, 4) is 0 Å². The number of aliphatic imine (C=N–C) groups is 1. The Bertz CT molecular complexity index is 828. The Kier molecular flexibility index (Phi) is 4.18. The third-order valence-corrected chi connectivity index (χ3v) is 4.60. The van der Waals surface area contributed by atoms with Gasteiger partial charge in [-0.15, -0.1) is 0 Å². The lowest BCUT2D eigenvalue weighted by Crippen LogP contribution is -2.25. The van der Waals surface area contributed by atoms with Crippen molar-refractivity contribution in [3.63, 3.8) is 0 Å². The highest BCUT2D eigenvalue weighted by molar-refractivity contribution is 6.30. The number of hydrogen-bond acceptors (Lipinski definition) is 3. The second-order valence-corrected chi connectivity index (χ2v) is 6.45. The highest BCUT2D eigenvalue weighted by Crippen LogP contribution is 2.27. The molecule has 0 spiro atoms. The number of halogens is 1. The summed E-state index contributed by atoms with van der Waals surface area (Å²) in [5.74, 6) is 1.02. The Morgan fingerprint density at radius 1 is 1.00 bits per heavy atom. The second-order valence-electron chi connectivity index (χ2n) is 6.01. The third kappa shape index (κ3) is 3.13. The lowest BCUT2D eigenvalue weighted by Gasteiger charge is -2.17.